The van der Waals surface area contributed by atoms with Crippen molar-refractivity contribution in [2.75, 3.05) is 13.7 Å². The Labute approximate surface area is 137 Å². The van der Waals surface area contributed by atoms with E-state index in [4.69, 9.17) is 4.74 Å². The molecule has 23 heavy (non-hydrogen) atoms. The maximum atomic E-state index is 12.9. The van der Waals surface area contributed by atoms with Gasteiger partial charge in [-0.25, -0.2) is 0 Å². The zero-order chi connectivity index (χ0) is 16.4. The van der Waals surface area contributed by atoms with E-state index in [1.165, 1.54) is 0 Å². The molecule has 0 fully saturated rings. The lowest BCUT2D eigenvalue weighted by molar-refractivity contribution is -0.137. The third-order valence-electron chi connectivity index (χ3n) is 4.79. The number of rotatable bonds is 4. The molecule has 1 aliphatic rings. The Morgan fingerprint density at radius 3 is 2.78 bits per heavy atom. The molecular weight excluding hydrogens is 288 g/mol. The zero-order valence-electron chi connectivity index (χ0n) is 14.0. The van der Waals surface area contributed by atoms with Gasteiger partial charge in [-0.1, -0.05) is 32.0 Å². The lowest BCUT2D eigenvalue weighted by Gasteiger charge is -2.39. The van der Waals surface area contributed by atoms with Crippen LogP contribution in [0.2, 0.25) is 0 Å². The smallest absolute Gasteiger partial charge is 0.226 e. The summed E-state index contributed by atoms with van der Waals surface area (Å²) in [6.07, 6.45) is 2.94. The number of methoxy groups -OCH3 is 1. The maximum absolute atomic E-state index is 12.9. The van der Waals surface area contributed by atoms with Crippen LogP contribution in [0.15, 0.2) is 42.6 Å². The molecular formula is C19H24N2O2. The second-order valence-corrected chi connectivity index (χ2v) is 6.11. The largest absolute Gasteiger partial charge is 0.496 e. The summed E-state index contributed by atoms with van der Waals surface area (Å²) in [7, 11) is 1.68. The monoisotopic (exact) mass is 312 g/mol. The lowest BCUT2D eigenvalue weighted by atomic mass is 9.96. The van der Waals surface area contributed by atoms with Gasteiger partial charge in [0.15, 0.2) is 0 Å². The molecule has 2 atom stereocenters. The van der Waals surface area contributed by atoms with Gasteiger partial charge in [-0.3, -0.25) is 4.79 Å². The van der Waals surface area contributed by atoms with Gasteiger partial charge < -0.3 is 14.2 Å². The van der Waals surface area contributed by atoms with Gasteiger partial charge in [0.1, 0.15) is 11.8 Å². The van der Waals surface area contributed by atoms with Crippen molar-refractivity contribution in [3.63, 3.8) is 0 Å². The normalized spacial score (nSPS) is 18.4. The number of ether oxygens (including phenoxy) is 1. The van der Waals surface area contributed by atoms with E-state index in [1.54, 1.807) is 7.11 Å². The number of benzene rings is 1. The molecule has 0 radical (unpaired) electrons. The predicted octanol–water partition coefficient (Wildman–Crippen LogP) is 3.47. The molecule has 0 aliphatic carbocycles. The van der Waals surface area contributed by atoms with Crippen LogP contribution in [0.1, 0.15) is 37.6 Å². The highest BCUT2D eigenvalue weighted by Crippen LogP contribution is 2.37. The summed E-state index contributed by atoms with van der Waals surface area (Å²) in [5.41, 5.74) is 2.20. The summed E-state index contributed by atoms with van der Waals surface area (Å²) in [6.45, 7) is 5.65. The topological polar surface area (TPSA) is 34.5 Å². The van der Waals surface area contributed by atoms with Gasteiger partial charge in [0, 0.05) is 36.5 Å². The molecule has 1 aromatic carbocycles. The molecule has 3 rings (SSSR count). The molecule has 122 valence electrons. The molecule has 1 amide bonds. The standard InChI is InChI=1S/C19H24N2O2/c1-4-14(2)19(22)21-13-12-20-11-7-9-16(20)18(21)15-8-5-6-10-17(15)23-3/h5-11,14,18H,4,12-13H2,1-3H3/t14-,18+/m0/s1. The summed E-state index contributed by atoms with van der Waals surface area (Å²) in [5.74, 6) is 1.08. The Balaban J connectivity index is 2.09. The van der Waals surface area contributed by atoms with Crippen molar-refractivity contribution >= 4 is 5.91 Å². The molecule has 2 heterocycles. The number of nitrogens with zero attached hydrogens (tertiary/aromatic N) is 2. The first-order valence-electron chi connectivity index (χ1n) is 8.25. The average Bonchev–Trinajstić information content (AvgIpc) is 3.08. The van der Waals surface area contributed by atoms with Crippen molar-refractivity contribution in [2.45, 2.75) is 32.9 Å². The molecule has 2 aromatic rings. The van der Waals surface area contributed by atoms with Crippen molar-refractivity contribution < 1.29 is 9.53 Å². The highest BCUT2D eigenvalue weighted by molar-refractivity contribution is 5.79. The van der Waals surface area contributed by atoms with Gasteiger partial charge in [-0.15, -0.1) is 0 Å². The SMILES string of the molecule is CC[C@H](C)C(=O)N1CCn2cccc2[C@H]1c1ccccc1OC. The highest BCUT2D eigenvalue weighted by atomic mass is 16.5. The molecule has 1 aromatic heterocycles. The molecule has 0 unspecified atom stereocenters. The molecule has 1 aliphatic heterocycles. The second kappa shape index (κ2) is 6.49. The van der Waals surface area contributed by atoms with Crippen LogP contribution < -0.4 is 4.74 Å². The highest BCUT2D eigenvalue weighted by Gasteiger charge is 2.35. The molecule has 0 N–H and O–H groups in total. The van der Waals surface area contributed by atoms with Crippen LogP contribution in [0.5, 0.6) is 5.75 Å². The van der Waals surface area contributed by atoms with Gasteiger partial charge in [-0.05, 0) is 24.6 Å². The van der Waals surface area contributed by atoms with E-state index in [0.717, 1.165) is 36.5 Å². The van der Waals surface area contributed by atoms with Crippen LogP contribution in [0.3, 0.4) is 0 Å². The third kappa shape index (κ3) is 2.74. The van der Waals surface area contributed by atoms with Crippen LogP contribution in [-0.4, -0.2) is 29.0 Å². The predicted molar refractivity (Wildman–Crippen MR) is 90.4 cm³/mol. The molecule has 4 heteroatoms. The summed E-state index contributed by atoms with van der Waals surface area (Å²) in [6, 6.07) is 12.1. The van der Waals surface area contributed by atoms with Crippen molar-refractivity contribution in [3.8, 4) is 5.75 Å². The number of amides is 1. The van der Waals surface area contributed by atoms with Crippen LogP contribution in [0.25, 0.3) is 0 Å². The molecule has 0 spiro atoms. The minimum Gasteiger partial charge on any atom is -0.496 e. The molecule has 0 saturated heterocycles. The van der Waals surface area contributed by atoms with E-state index in [0.29, 0.717) is 0 Å². The van der Waals surface area contributed by atoms with Crippen LogP contribution in [0.4, 0.5) is 0 Å². The van der Waals surface area contributed by atoms with E-state index < -0.39 is 0 Å². The van der Waals surface area contributed by atoms with Crippen LogP contribution >= 0.6 is 0 Å². The van der Waals surface area contributed by atoms with E-state index in [-0.39, 0.29) is 17.9 Å². The first-order chi connectivity index (χ1) is 11.2. The minimum absolute atomic E-state index is 0.0359. The average molecular weight is 312 g/mol. The van der Waals surface area contributed by atoms with E-state index in [1.807, 2.05) is 30.0 Å². The van der Waals surface area contributed by atoms with Gasteiger partial charge in [0.05, 0.1) is 7.11 Å². The summed E-state index contributed by atoms with van der Waals surface area (Å²) >= 11 is 0. The van der Waals surface area contributed by atoms with Crippen molar-refractivity contribution in [3.05, 3.63) is 53.9 Å². The number of fused-ring (bicyclic) bond motifs is 1. The number of para-hydroxylation sites is 1. The number of carbonyl (C=O) groups is 1. The Bertz CT molecular complexity index is 692. The minimum atomic E-state index is -0.0867. The zero-order valence-corrected chi connectivity index (χ0v) is 14.0. The lowest BCUT2D eigenvalue weighted by Crippen LogP contribution is -2.44. The van der Waals surface area contributed by atoms with E-state index >= 15 is 0 Å². The quantitative estimate of drug-likeness (QED) is 0.866. The molecule has 0 saturated carbocycles. The number of aromatic nitrogens is 1. The maximum Gasteiger partial charge on any atom is 0.226 e. The summed E-state index contributed by atoms with van der Waals surface area (Å²) in [4.78, 5) is 14.9. The first kappa shape index (κ1) is 15.7. The third-order valence-corrected chi connectivity index (χ3v) is 4.79. The van der Waals surface area contributed by atoms with Crippen molar-refractivity contribution in [1.29, 1.82) is 0 Å². The molecule has 0 bridgehead atoms. The summed E-state index contributed by atoms with van der Waals surface area (Å²) in [5, 5.41) is 0. The molecule has 4 nitrogen and oxygen atoms in total. The van der Waals surface area contributed by atoms with Gasteiger partial charge in [0.25, 0.3) is 0 Å². The second-order valence-electron chi connectivity index (χ2n) is 6.11. The van der Waals surface area contributed by atoms with Gasteiger partial charge >= 0.3 is 0 Å². The summed E-state index contributed by atoms with van der Waals surface area (Å²) < 4.78 is 7.79. The van der Waals surface area contributed by atoms with Gasteiger partial charge in [0.2, 0.25) is 5.91 Å². The van der Waals surface area contributed by atoms with Gasteiger partial charge in [-0.2, -0.15) is 0 Å². The fourth-order valence-corrected chi connectivity index (χ4v) is 3.30. The van der Waals surface area contributed by atoms with Crippen molar-refractivity contribution in [1.82, 2.24) is 9.47 Å². The Morgan fingerprint density at radius 1 is 1.26 bits per heavy atom. The Morgan fingerprint density at radius 2 is 2.04 bits per heavy atom. The van der Waals surface area contributed by atoms with Crippen LogP contribution in [-0.2, 0) is 11.3 Å². The fourth-order valence-electron chi connectivity index (χ4n) is 3.30. The Hall–Kier alpha value is -2.23. The Kier molecular flexibility index (Phi) is 4.42. The van der Waals surface area contributed by atoms with E-state index in [9.17, 15) is 4.79 Å². The number of hydrogen-bond donors (Lipinski definition) is 0. The van der Waals surface area contributed by atoms with Crippen LogP contribution in [0, 0.1) is 5.92 Å². The number of hydrogen-bond acceptors (Lipinski definition) is 2. The van der Waals surface area contributed by atoms with Crippen molar-refractivity contribution in [2.24, 2.45) is 5.92 Å². The first-order valence-corrected chi connectivity index (χ1v) is 8.25. The number of carbonyl (C=O) groups excluding carboxylic acids is 1. The fraction of sp³-hybridized carbons (Fsp3) is 0.421. The van der Waals surface area contributed by atoms with E-state index in [2.05, 4.69) is 35.9 Å².